The van der Waals surface area contributed by atoms with E-state index in [1.807, 2.05) is 42.5 Å². The molecule has 158 valence electrons. The summed E-state index contributed by atoms with van der Waals surface area (Å²) in [6.45, 7) is 0.606. The van der Waals surface area contributed by atoms with Gasteiger partial charge in [-0.2, -0.15) is 0 Å². The summed E-state index contributed by atoms with van der Waals surface area (Å²) in [6, 6.07) is 19.9. The average Bonchev–Trinajstić information content (AvgIpc) is 3.33. The Kier molecular flexibility index (Phi) is 7.77. The monoisotopic (exact) mass is 417 g/mol. The molecule has 3 N–H and O–H groups in total. The molecule has 0 aliphatic rings. The number of anilines is 1. The molecule has 3 aromatic rings. The number of nitrogens with one attached hydrogen (secondary N) is 3. The van der Waals surface area contributed by atoms with Crippen molar-refractivity contribution in [3.05, 3.63) is 96.0 Å². The number of carbonyl (C=O) groups is 3. The molecule has 0 bridgehead atoms. The van der Waals surface area contributed by atoms with Crippen LogP contribution in [0.15, 0.2) is 83.5 Å². The molecule has 31 heavy (non-hydrogen) atoms. The molecule has 7 nitrogen and oxygen atoms in total. The molecule has 3 amide bonds. The van der Waals surface area contributed by atoms with Gasteiger partial charge in [0.2, 0.25) is 11.8 Å². The second-order valence-corrected chi connectivity index (χ2v) is 6.69. The predicted molar refractivity (Wildman–Crippen MR) is 118 cm³/mol. The van der Waals surface area contributed by atoms with E-state index in [1.165, 1.54) is 12.3 Å². The van der Waals surface area contributed by atoms with Crippen molar-refractivity contribution >= 4 is 29.5 Å². The molecule has 3 rings (SSSR count). The van der Waals surface area contributed by atoms with Crippen molar-refractivity contribution in [1.29, 1.82) is 0 Å². The van der Waals surface area contributed by atoms with Crippen molar-refractivity contribution in [1.82, 2.24) is 10.6 Å². The summed E-state index contributed by atoms with van der Waals surface area (Å²) in [5.74, 6) is -0.503. The number of amides is 3. The Morgan fingerprint density at radius 1 is 0.871 bits per heavy atom. The Morgan fingerprint density at radius 2 is 1.65 bits per heavy atom. The Bertz CT molecular complexity index is 1030. The first kappa shape index (κ1) is 21.6. The number of benzene rings is 2. The van der Waals surface area contributed by atoms with Crippen molar-refractivity contribution in [2.24, 2.45) is 0 Å². The Balaban J connectivity index is 1.34. The number of carbonyl (C=O) groups excluding carboxylic acids is 3. The van der Waals surface area contributed by atoms with Gasteiger partial charge in [-0.05, 0) is 41.5 Å². The standard InChI is InChI=1S/C24H23N3O4/c28-22(13-10-18-5-2-1-3-6-18)25-15-14-23(29)26-17-19-8-11-20(12-9-19)27-24(30)21-7-4-16-31-21/h1-13,16H,14-15,17H2,(H,25,28)(H,26,29)(H,27,30). The zero-order chi connectivity index (χ0) is 21.9. The molecule has 0 spiro atoms. The minimum Gasteiger partial charge on any atom is -0.459 e. The van der Waals surface area contributed by atoms with Gasteiger partial charge in [-0.15, -0.1) is 0 Å². The smallest absolute Gasteiger partial charge is 0.291 e. The summed E-state index contributed by atoms with van der Waals surface area (Å²) < 4.78 is 5.05. The lowest BCUT2D eigenvalue weighted by Gasteiger charge is -2.08. The number of hydrogen-bond donors (Lipinski definition) is 3. The molecule has 0 saturated heterocycles. The van der Waals surface area contributed by atoms with E-state index in [0.29, 0.717) is 12.2 Å². The molecule has 0 saturated carbocycles. The summed E-state index contributed by atoms with van der Waals surface area (Å²) in [5, 5.41) is 8.22. The SMILES string of the molecule is O=C(C=Cc1ccccc1)NCCC(=O)NCc1ccc(NC(=O)c2ccco2)cc1. The fraction of sp³-hybridized carbons (Fsp3) is 0.125. The van der Waals surface area contributed by atoms with E-state index in [0.717, 1.165) is 11.1 Å². The van der Waals surface area contributed by atoms with Crippen molar-refractivity contribution < 1.29 is 18.8 Å². The highest BCUT2D eigenvalue weighted by Crippen LogP contribution is 2.12. The molecular formula is C24H23N3O4. The van der Waals surface area contributed by atoms with Crippen LogP contribution in [0.25, 0.3) is 6.08 Å². The maximum absolute atomic E-state index is 12.0. The van der Waals surface area contributed by atoms with Gasteiger partial charge in [-0.1, -0.05) is 42.5 Å². The van der Waals surface area contributed by atoms with Gasteiger partial charge < -0.3 is 20.4 Å². The number of furan rings is 1. The van der Waals surface area contributed by atoms with Gasteiger partial charge in [0.1, 0.15) is 0 Å². The zero-order valence-corrected chi connectivity index (χ0v) is 16.8. The summed E-state index contributed by atoms with van der Waals surface area (Å²) in [7, 11) is 0. The summed E-state index contributed by atoms with van der Waals surface area (Å²) in [6.07, 6.45) is 4.78. The third-order valence-electron chi connectivity index (χ3n) is 4.32. The van der Waals surface area contributed by atoms with E-state index < -0.39 is 0 Å². The van der Waals surface area contributed by atoms with Crippen LogP contribution in [0, 0.1) is 0 Å². The van der Waals surface area contributed by atoms with E-state index >= 15 is 0 Å². The normalized spacial score (nSPS) is 10.6. The first-order valence-electron chi connectivity index (χ1n) is 9.81. The molecule has 0 unspecified atom stereocenters. The van der Waals surface area contributed by atoms with Gasteiger partial charge in [0.05, 0.1) is 6.26 Å². The van der Waals surface area contributed by atoms with E-state index in [9.17, 15) is 14.4 Å². The number of rotatable bonds is 9. The molecule has 0 aliphatic heterocycles. The third-order valence-corrected chi connectivity index (χ3v) is 4.32. The first-order valence-corrected chi connectivity index (χ1v) is 9.81. The van der Waals surface area contributed by atoms with E-state index in [2.05, 4.69) is 16.0 Å². The summed E-state index contributed by atoms with van der Waals surface area (Å²) in [5.41, 5.74) is 2.45. The lowest BCUT2D eigenvalue weighted by Crippen LogP contribution is -2.29. The highest BCUT2D eigenvalue weighted by Gasteiger charge is 2.08. The van der Waals surface area contributed by atoms with Gasteiger partial charge in [0.25, 0.3) is 5.91 Å². The van der Waals surface area contributed by atoms with Crippen LogP contribution in [0.5, 0.6) is 0 Å². The highest BCUT2D eigenvalue weighted by atomic mass is 16.3. The fourth-order valence-corrected chi connectivity index (χ4v) is 2.69. The molecule has 1 heterocycles. The van der Waals surface area contributed by atoms with Crippen molar-refractivity contribution in [3.63, 3.8) is 0 Å². The minimum atomic E-state index is -0.327. The van der Waals surface area contributed by atoms with Gasteiger partial charge in [0.15, 0.2) is 5.76 Å². The summed E-state index contributed by atoms with van der Waals surface area (Å²) >= 11 is 0. The van der Waals surface area contributed by atoms with Gasteiger partial charge in [-0.25, -0.2) is 0 Å². The van der Waals surface area contributed by atoms with E-state index in [1.54, 1.807) is 30.3 Å². The van der Waals surface area contributed by atoms with E-state index in [4.69, 9.17) is 4.42 Å². The van der Waals surface area contributed by atoms with Crippen LogP contribution in [0.4, 0.5) is 5.69 Å². The molecule has 7 heteroatoms. The minimum absolute atomic E-state index is 0.164. The van der Waals surface area contributed by atoms with Crippen LogP contribution >= 0.6 is 0 Å². The van der Waals surface area contributed by atoms with Crippen molar-refractivity contribution in [2.45, 2.75) is 13.0 Å². The van der Waals surface area contributed by atoms with Gasteiger partial charge in [0, 0.05) is 31.3 Å². The lowest BCUT2D eigenvalue weighted by atomic mass is 10.2. The maximum atomic E-state index is 12.0. The zero-order valence-electron chi connectivity index (χ0n) is 16.8. The topological polar surface area (TPSA) is 100 Å². The van der Waals surface area contributed by atoms with E-state index in [-0.39, 0.29) is 36.4 Å². The molecule has 0 aliphatic carbocycles. The summed E-state index contributed by atoms with van der Waals surface area (Å²) in [4.78, 5) is 35.7. The largest absolute Gasteiger partial charge is 0.459 e. The molecular weight excluding hydrogens is 394 g/mol. The maximum Gasteiger partial charge on any atom is 0.291 e. The Labute approximate surface area is 180 Å². The number of hydrogen-bond acceptors (Lipinski definition) is 4. The molecule has 0 fully saturated rings. The Morgan fingerprint density at radius 3 is 2.35 bits per heavy atom. The van der Waals surface area contributed by atoms with Crippen LogP contribution < -0.4 is 16.0 Å². The second-order valence-electron chi connectivity index (χ2n) is 6.69. The third kappa shape index (κ3) is 7.32. The van der Waals surface area contributed by atoms with Crippen LogP contribution in [-0.2, 0) is 16.1 Å². The average molecular weight is 417 g/mol. The second kappa shape index (κ2) is 11.2. The molecule has 2 aromatic carbocycles. The van der Waals surface area contributed by atoms with Crippen LogP contribution in [-0.4, -0.2) is 24.3 Å². The fourth-order valence-electron chi connectivity index (χ4n) is 2.69. The lowest BCUT2D eigenvalue weighted by molar-refractivity contribution is -0.121. The van der Waals surface area contributed by atoms with Crippen molar-refractivity contribution in [2.75, 3.05) is 11.9 Å². The first-order chi connectivity index (χ1) is 15.1. The Hall–Kier alpha value is -4.13. The molecule has 0 radical (unpaired) electrons. The highest BCUT2D eigenvalue weighted by molar-refractivity contribution is 6.02. The van der Waals surface area contributed by atoms with Crippen molar-refractivity contribution in [3.8, 4) is 0 Å². The van der Waals surface area contributed by atoms with Crippen LogP contribution in [0.2, 0.25) is 0 Å². The molecule has 1 aromatic heterocycles. The van der Waals surface area contributed by atoms with Crippen LogP contribution in [0.3, 0.4) is 0 Å². The predicted octanol–water partition coefficient (Wildman–Crippen LogP) is 3.37. The van der Waals surface area contributed by atoms with Gasteiger partial charge in [-0.3, -0.25) is 14.4 Å². The van der Waals surface area contributed by atoms with Gasteiger partial charge >= 0.3 is 0 Å². The molecule has 0 atom stereocenters. The van der Waals surface area contributed by atoms with Crippen LogP contribution in [0.1, 0.15) is 28.1 Å². The quantitative estimate of drug-likeness (QED) is 0.465.